The first-order valence-electron chi connectivity index (χ1n) is 7.88. The van der Waals surface area contributed by atoms with E-state index in [-0.39, 0.29) is 0 Å². The minimum absolute atomic E-state index is 0.500. The first-order chi connectivity index (χ1) is 10.1. The van der Waals surface area contributed by atoms with E-state index in [0.29, 0.717) is 6.04 Å². The Morgan fingerprint density at radius 1 is 1.33 bits per heavy atom. The van der Waals surface area contributed by atoms with E-state index in [1.165, 1.54) is 11.3 Å². The van der Waals surface area contributed by atoms with Crippen molar-refractivity contribution in [2.75, 3.05) is 31.7 Å². The molecule has 21 heavy (non-hydrogen) atoms. The molecule has 0 heterocycles. The van der Waals surface area contributed by atoms with Crippen LogP contribution in [0.2, 0.25) is 0 Å². The smallest absolute Gasteiger partial charge is 0.0637 e. The average Bonchev–Trinajstić information content (AvgIpc) is 2.49. The first-order valence-corrected chi connectivity index (χ1v) is 8.68. The summed E-state index contributed by atoms with van der Waals surface area (Å²) >= 11 is 3.74. The second kappa shape index (κ2) is 10.2. The summed E-state index contributed by atoms with van der Waals surface area (Å²) in [5.74, 6) is 0. The molecule has 1 atom stereocenters. The molecule has 0 aliphatic carbocycles. The zero-order valence-electron chi connectivity index (χ0n) is 13.8. The van der Waals surface area contributed by atoms with Crippen LogP contribution in [0.3, 0.4) is 0 Å². The molecular weight excluding hydrogens is 328 g/mol. The number of methoxy groups -OCH3 is 1. The van der Waals surface area contributed by atoms with E-state index in [4.69, 9.17) is 4.74 Å². The van der Waals surface area contributed by atoms with Gasteiger partial charge in [0.05, 0.1) is 12.3 Å². The van der Waals surface area contributed by atoms with Gasteiger partial charge >= 0.3 is 0 Å². The van der Waals surface area contributed by atoms with Gasteiger partial charge in [-0.25, -0.2) is 0 Å². The molecule has 1 aromatic carbocycles. The van der Waals surface area contributed by atoms with Crippen LogP contribution in [0.5, 0.6) is 0 Å². The topological polar surface area (TPSA) is 24.5 Å². The largest absolute Gasteiger partial charge is 0.383 e. The van der Waals surface area contributed by atoms with E-state index >= 15 is 0 Å². The second-order valence-electron chi connectivity index (χ2n) is 5.41. The first kappa shape index (κ1) is 18.5. The van der Waals surface area contributed by atoms with Gasteiger partial charge in [0.25, 0.3) is 0 Å². The third-order valence-electron chi connectivity index (χ3n) is 3.74. The van der Waals surface area contributed by atoms with E-state index in [1.807, 2.05) is 0 Å². The highest BCUT2D eigenvalue weighted by molar-refractivity contribution is 9.10. The van der Waals surface area contributed by atoms with Gasteiger partial charge in [-0.05, 0) is 59.9 Å². The van der Waals surface area contributed by atoms with Crippen molar-refractivity contribution in [3.8, 4) is 0 Å². The van der Waals surface area contributed by atoms with Gasteiger partial charge in [-0.3, -0.25) is 0 Å². The lowest BCUT2D eigenvalue weighted by molar-refractivity contribution is 0.203. The lowest BCUT2D eigenvalue weighted by Crippen LogP contribution is -2.35. The maximum absolute atomic E-state index is 5.25. The van der Waals surface area contributed by atoms with Crippen molar-refractivity contribution in [1.82, 2.24) is 5.32 Å². The van der Waals surface area contributed by atoms with Gasteiger partial charge in [0, 0.05) is 30.7 Å². The Hall–Kier alpha value is -0.580. The Morgan fingerprint density at radius 3 is 2.67 bits per heavy atom. The zero-order chi connectivity index (χ0) is 15.7. The van der Waals surface area contributed by atoms with Gasteiger partial charge < -0.3 is 15.0 Å². The van der Waals surface area contributed by atoms with Crippen LogP contribution < -0.4 is 10.2 Å². The van der Waals surface area contributed by atoms with Gasteiger partial charge in [-0.1, -0.05) is 19.9 Å². The van der Waals surface area contributed by atoms with E-state index in [1.54, 1.807) is 7.11 Å². The summed E-state index contributed by atoms with van der Waals surface area (Å²) in [5, 5.41) is 3.44. The highest BCUT2D eigenvalue weighted by atomic mass is 79.9. The van der Waals surface area contributed by atoms with E-state index in [9.17, 15) is 0 Å². The summed E-state index contributed by atoms with van der Waals surface area (Å²) in [7, 11) is 1.76. The van der Waals surface area contributed by atoms with Crippen LogP contribution in [0.25, 0.3) is 0 Å². The fourth-order valence-electron chi connectivity index (χ4n) is 2.29. The van der Waals surface area contributed by atoms with Crippen LogP contribution in [-0.4, -0.2) is 32.8 Å². The minimum atomic E-state index is 0.500. The summed E-state index contributed by atoms with van der Waals surface area (Å²) in [4.78, 5) is 2.41. The molecule has 4 heteroatoms. The lowest BCUT2D eigenvalue weighted by Gasteiger charge is -2.31. The standard InChI is InChI=1S/C17H29BrN2O/c1-5-9-19-13-15-7-8-17(16(18)12-15)20(10-11-21-4)14(3)6-2/h7-8,12,14,19H,5-6,9-11,13H2,1-4H3. The molecule has 0 spiro atoms. The molecule has 0 aromatic heterocycles. The van der Waals surface area contributed by atoms with Gasteiger partial charge in [0.1, 0.15) is 0 Å². The highest BCUT2D eigenvalue weighted by Crippen LogP contribution is 2.29. The summed E-state index contributed by atoms with van der Waals surface area (Å²) in [6, 6.07) is 7.15. The molecule has 1 aromatic rings. The average molecular weight is 357 g/mol. The fraction of sp³-hybridized carbons (Fsp3) is 0.647. The second-order valence-corrected chi connectivity index (χ2v) is 6.26. The molecule has 0 saturated carbocycles. The fourth-order valence-corrected chi connectivity index (χ4v) is 2.95. The molecule has 0 aliphatic rings. The van der Waals surface area contributed by atoms with Gasteiger partial charge in [-0.15, -0.1) is 0 Å². The van der Waals surface area contributed by atoms with Crippen molar-refractivity contribution in [2.45, 2.75) is 46.2 Å². The Kier molecular flexibility index (Phi) is 8.97. The third-order valence-corrected chi connectivity index (χ3v) is 4.37. The summed E-state index contributed by atoms with van der Waals surface area (Å²) < 4.78 is 6.41. The predicted molar refractivity (Wildman–Crippen MR) is 95.1 cm³/mol. The molecule has 3 nitrogen and oxygen atoms in total. The Balaban J connectivity index is 2.83. The van der Waals surface area contributed by atoms with Crippen molar-refractivity contribution in [2.24, 2.45) is 0 Å². The van der Waals surface area contributed by atoms with Crippen LogP contribution in [0, 0.1) is 0 Å². The van der Waals surface area contributed by atoms with Crippen molar-refractivity contribution in [3.05, 3.63) is 28.2 Å². The number of ether oxygens (including phenoxy) is 1. The molecule has 0 fully saturated rings. The number of anilines is 1. The normalized spacial score (nSPS) is 12.4. The van der Waals surface area contributed by atoms with Crippen LogP contribution in [0.1, 0.15) is 39.2 Å². The summed E-state index contributed by atoms with van der Waals surface area (Å²) in [6.45, 7) is 10.3. The Morgan fingerprint density at radius 2 is 2.10 bits per heavy atom. The van der Waals surface area contributed by atoms with Crippen LogP contribution >= 0.6 is 15.9 Å². The number of nitrogens with one attached hydrogen (secondary N) is 1. The third kappa shape index (κ3) is 5.97. The number of rotatable bonds is 10. The molecule has 120 valence electrons. The van der Waals surface area contributed by atoms with E-state index in [2.05, 4.69) is 65.1 Å². The number of halogens is 1. The van der Waals surface area contributed by atoms with Gasteiger partial charge in [0.15, 0.2) is 0 Å². The van der Waals surface area contributed by atoms with Crippen molar-refractivity contribution < 1.29 is 4.74 Å². The molecule has 1 unspecified atom stereocenters. The monoisotopic (exact) mass is 356 g/mol. The van der Waals surface area contributed by atoms with E-state index in [0.717, 1.165) is 43.6 Å². The van der Waals surface area contributed by atoms with Crippen LogP contribution in [-0.2, 0) is 11.3 Å². The lowest BCUT2D eigenvalue weighted by atomic mass is 10.1. The highest BCUT2D eigenvalue weighted by Gasteiger charge is 2.15. The van der Waals surface area contributed by atoms with Crippen LogP contribution in [0.4, 0.5) is 5.69 Å². The van der Waals surface area contributed by atoms with E-state index < -0.39 is 0 Å². The zero-order valence-corrected chi connectivity index (χ0v) is 15.4. The SMILES string of the molecule is CCCNCc1ccc(N(CCOC)C(C)CC)c(Br)c1. The Labute approximate surface area is 138 Å². The number of hydrogen-bond acceptors (Lipinski definition) is 3. The summed E-state index contributed by atoms with van der Waals surface area (Å²) in [5.41, 5.74) is 2.57. The number of hydrogen-bond donors (Lipinski definition) is 1. The molecule has 0 aliphatic heterocycles. The Bertz CT molecular complexity index is 412. The molecular formula is C17H29BrN2O. The molecule has 1 rings (SSSR count). The van der Waals surface area contributed by atoms with Crippen molar-refractivity contribution >= 4 is 21.6 Å². The van der Waals surface area contributed by atoms with Crippen LogP contribution in [0.15, 0.2) is 22.7 Å². The molecule has 0 saturated heterocycles. The maximum atomic E-state index is 5.25. The minimum Gasteiger partial charge on any atom is -0.383 e. The van der Waals surface area contributed by atoms with Gasteiger partial charge in [0.2, 0.25) is 0 Å². The predicted octanol–water partition coefficient (Wildman–Crippen LogP) is 4.20. The number of benzene rings is 1. The van der Waals surface area contributed by atoms with Crippen molar-refractivity contribution in [3.63, 3.8) is 0 Å². The molecule has 0 amide bonds. The van der Waals surface area contributed by atoms with Gasteiger partial charge in [-0.2, -0.15) is 0 Å². The molecule has 0 bridgehead atoms. The molecule has 0 radical (unpaired) electrons. The molecule has 1 N–H and O–H groups in total. The van der Waals surface area contributed by atoms with Crippen molar-refractivity contribution in [1.29, 1.82) is 0 Å². The quantitative estimate of drug-likeness (QED) is 0.635. The summed E-state index contributed by atoms with van der Waals surface area (Å²) in [6.07, 6.45) is 2.29. The number of nitrogens with zero attached hydrogens (tertiary/aromatic N) is 1. The maximum Gasteiger partial charge on any atom is 0.0637 e.